The molecule has 2 atom stereocenters. The van der Waals surface area contributed by atoms with Crippen LogP contribution in [0.3, 0.4) is 0 Å². The lowest BCUT2D eigenvalue weighted by atomic mass is 10.1. The van der Waals surface area contributed by atoms with E-state index in [9.17, 15) is 19.0 Å². The third kappa shape index (κ3) is 7.15. The normalized spacial score (nSPS) is 14.5. The van der Waals surface area contributed by atoms with Crippen molar-refractivity contribution in [1.82, 2.24) is 5.32 Å². The molecule has 0 bridgehead atoms. The highest BCUT2D eigenvalue weighted by Crippen LogP contribution is 2.47. The molecular formula is C16H24NO6P. The quantitative estimate of drug-likeness (QED) is 0.548. The van der Waals surface area contributed by atoms with Crippen molar-refractivity contribution in [2.45, 2.75) is 32.7 Å². The summed E-state index contributed by atoms with van der Waals surface area (Å²) in [6, 6.07) is 9.07. The molecule has 0 saturated heterocycles. The molecule has 0 heterocycles. The van der Waals surface area contributed by atoms with Gasteiger partial charge in [-0.15, -0.1) is 0 Å². The molecule has 2 N–H and O–H groups in total. The molecule has 0 aliphatic carbocycles. The molecule has 1 aromatic rings. The highest BCUT2D eigenvalue weighted by molar-refractivity contribution is 7.59. The Labute approximate surface area is 141 Å². The molecule has 0 aliphatic rings. The van der Waals surface area contributed by atoms with Crippen LogP contribution in [0.5, 0.6) is 0 Å². The molecule has 7 nitrogen and oxygen atoms in total. The van der Waals surface area contributed by atoms with E-state index in [4.69, 9.17) is 4.74 Å². The smallest absolute Gasteiger partial charge is 0.408 e. The first-order chi connectivity index (χ1) is 11.2. The Morgan fingerprint density at radius 3 is 2.42 bits per heavy atom. The van der Waals surface area contributed by atoms with E-state index in [-0.39, 0.29) is 18.9 Å². The van der Waals surface area contributed by atoms with Gasteiger partial charge in [0, 0.05) is 0 Å². The fourth-order valence-corrected chi connectivity index (χ4v) is 3.81. The number of methoxy groups -OCH3 is 1. The SMILES string of the molecule is COC(=O)CP(=O)(O)C(CC(C)C)NC(=O)OCc1ccccc1. The third-order valence-corrected chi connectivity index (χ3v) is 5.29. The Balaban J connectivity index is 2.69. The lowest BCUT2D eigenvalue weighted by molar-refractivity contribution is -0.137. The highest BCUT2D eigenvalue weighted by atomic mass is 31.2. The molecule has 1 amide bonds. The van der Waals surface area contributed by atoms with Gasteiger partial charge in [0.1, 0.15) is 18.6 Å². The standard InChI is InChI=1S/C16H24NO6P/c1-12(2)9-14(24(20,21)11-15(18)22-3)17-16(19)23-10-13-7-5-4-6-8-13/h4-8,12,14H,9-11H2,1-3H3,(H,17,19)(H,20,21). The van der Waals surface area contributed by atoms with Crippen LogP contribution in [0.25, 0.3) is 0 Å². The lowest BCUT2D eigenvalue weighted by Gasteiger charge is -2.24. The minimum absolute atomic E-state index is 0.0440. The summed E-state index contributed by atoms with van der Waals surface area (Å²) < 4.78 is 21.9. The monoisotopic (exact) mass is 357 g/mol. The predicted octanol–water partition coefficient (Wildman–Crippen LogP) is 2.73. The molecule has 134 valence electrons. The van der Waals surface area contributed by atoms with Gasteiger partial charge >= 0.3 is 12.1 Å². The zero-order valence-corrected chi connectivity index (χ0v) is 15.0. The summed E-state index contributed by atoms with van der Waals surface area (Å²) in [5.74, 6) is -1.82. The topological polar surface area (TPSA) is 102 Å². The zero-order valence-electron chi connectivity index (χ0n) is 14.1. The number of nitrogens with one attached hydrogen (secondary N) is 1. The van der Waals surface area contributed by atoms with Crippen molar-refractivity contribution >= 4 is 19.4 Å². The van der Waals surface area contributed by atoms with E-state index in [2.05, 4.69) is 10.1 Å². The van der Waals surface area contributed by atoms with Crippen molar-refractivity contribution in [2.24, 2.45) is 5.92 Å². The maximum Gasteiger partial charge on any atom is 0.408 e. The summed E-state index contributed by atoms with van der Waals surface area (Å²) in [5.41, 5.74) is 0.801. The Morgan fingerprint density at radius 2 is 1.88 bits per heavy atom. The number of carbonyl (C=O) groups is 2. The van der Waals surface area contributed by atoms with Crippen molar-refractivity contribution in [3.8, 4) is 0 Å². The van der Waals surface area contributed by atoms with Crippen molar-refractivity contribution in [2.75, 3.05) is 13.3 Å². The van der Waals surface area contributed by atoms with Crippen LogP contribution in [-0.2, 0) is 25.4 Å². The number of esters is 1. The van der Waals surface area contributed by atoms with Crippen LogP contribution in [0, 0.1) is 5.92 Å². The van der Waals surface area contributed by atoms with E-state index in [1.165, 1.54) is 0 Å². The van der Waals surface area contributed by atoms with Crippen LogP contribution in [0.1, 0.15) is 25.8 Å². The summed E-state index contributed by atoms with van der Waals surface area (Å²) in [6.07, 6.45) is -1.21. The highest BCUT2D eigenvalue weighted by Gasteiger charge is 2.35. The third-order valence-electron chi connectivity index (χ3n) is 3.26. The molecule has 0 spiro atoms. The largest absolute Gasteiger partial charge is 0.469 e. The average molecular weight is 357 g/mol. The maximum absolute atomic E-state index is 12.4. The van der Waals surface area contributed by atoms with Gasteiger partial charge in [0.15, 0.2) is 0 Å². The first-order valence-electron chi connectivity index (χ1n) is 7.60. The number of rotatable bonds is 8. The lowest BCUT2D eigenvalue weighted by Crippen LogP contribution is -2.37. The van der Waals surface area contributed by atoms with Crippen molar-refractivity contribution in [3.63, 3.8) is 0 Å². The average Bonchev–Trinajstić information content (AvgIpc) is 2.52. The van der Waals surface area contributed by atoms with Gasteiger partial charge in [0.05, 0.1) is 7.11 Å². The van der Waals surface area contributed by atoms with E-state index in [0.717, 1.165) is 12.7 Å². The Bertz CT molecular complexity index is 589. The number of alkyl carbamates (subject to hydrolysis) is 1. The van der Waals surface area contributed by atoms with E-state index in [1.54, 1.807) is 12.1 Å². The fraction of sp³-hybridized carbons (Fsp3) is 0.500. The zero-order chi connectivity index (χ0) is 18.2. The summed E-state index contributed by atoms with van der Waals surface area (Å²) in [4.78, 5) is 33.4. The van der Waals surface area contributed by atoms with Crippen LogP contribution in [0.15, 0.2) is 30.3 Å². The molecule has 0 aromatic heterocycles. The molecule has 24 heavy (non-hydrogen) atoms. The van der Waals surface area contributed by atoms with Gasteiger partial charge in [-0.1, -0.05) is 44.2 Å². The maximum atomic E-state index is 12.4. The molecule has 1 rings (SSSR count). The Morgan fingerprint density at radius 1 is 1.25 bits per heavy atom. The van der Waals surface area contributed by atoms with Crippen molar-refractivity contribution in [3.05, 3.63) is 35.9 Å². The van der Waals surface area contributed by atoms with Gasteiger partial charge in [-0.25, -0.2) is 4.79 Å². The second-order valence-corrected chi connectivity index (χ2v) is 8.29. The molecule has 8 heteroatoms. The second kappa shape index (κ2) is 9.45. The van der Waals surface area contributed by atoms with Crippen LogP contribution in [0.4, 0.5) is 4.79 Å². The fourth-order valence-electron chi connectivity index (χ4n) is 2.03. The van der Waals surface area contributed by atoms with E-state index < -0.39 is 31.4 Å². The van der Waals surface area contributed by atoms with Crippen LogP contribution >= 0.6 is 7.37 Å². The van der Waals surface area contributed by atoms with Gasteiger partial charge < -0.3 is 19.7 Å². The molecule has 0 fully saturated rings. The summed E-state index contributed by atoms with van der Waals surface area (Å²) in [5, 5.41) is 2.41. The molecule has 0 saturated carbocycles. The van der Waals surface area contributed by atoms with Gasteiger partial charge in [0.2, 0.25) is 7.37 Å². The number of amides is 1. The van der Waals surface area contributed by atoms with Gasteiger partial charge in [-0.3, -0.25) is 9.36 Å². The van der Waals surface area contributed by atoms with E-state index in [0.29, 0.717) is 0 Å². The van der Waals surface area contributed by atoms with Gasteiger partial charge in [-0.05, 0) is 17.9 Å². The Hall–Kier alpha value is -1.85. The van der Waals surface area contributed by atoms with Crippen molar-refractivity contribution in [1.29, 1.82) is 0 Å². The molecule has 0 radical (unpaired) electrons. The van der Waals surface area contributed by atoms with Crippen molar-refractivity contribution < 1.29 is 28.5 Å². The molecule has 2 unspecified atom stereocenters. The van der Waals surface area contributed by atoms with E-state index >= 15 is 0 Å². The van der Waals surface area contributed by atoms with Crippen LogP contribution < -0.4 is 5.32 Å². The summed E-state index contributed by atoms with van der Waals surface area (Å²) in [7, 11) is -2.82. The molecule has 0 aliphatic heterocycles. The predicted molar refractivity (Wildman–Crippen MR) is 89.7 cm³/mol. The number of carbonyl (C=O) groups excluding carboxylic acids is 2. The summed E-state index contributed by atoms with van der Waals surface area (Å²) in [6.45, 7) is 3.75. The Kier molecular flexibility index (Phi) is 7.95. The van der Waals surface area contributed by atoms with Crippen LogP contribution in [-0.4, -0.2) is 36.0 Å². The number of hydrogen-bond donors (Lipinski definition) is 2. The van der Waals surface area contributed by atoms with Gasteiger partial charge in [-0.2, -0.15) is 0 Å². The minimum Gasteiger partial charge on any atom is -0.469 e. The first-order valence-corrected chi connectivity index (χ1v) is 9.51. The summed E-state index contributed by atoms with van der Waals surface area (Å²) >= 11 is 0. The minimum atomic E-state index is -3.97. The van der Waals surface area contributed by atoms with E-state index in [1.807, 2.05) is 32.0 Å². The number of ether oxygens (including phenoxy) is 2. The van der Waals surface area contributed by atoms with Crippen LogP contribution in [0.2, 0.25) is 0 Å². The number of hydrogen-bond acceptors (Lipinski definition) is 5. The second-order valence-electron chi connectivity index (χ2n) is 5.84. The molecule has 1 aromatic carbocycles. The molecular weight excluding hydrogens is 333 g/mol. The first kappa shape index (κ1) is 20.2. The van der Waals surface area contributed by atoms with Gasteiger partial charge in [0.25, 0.3) is 0 Å². The number of benzene rings is 1.